The van der Waals surface area contributed by atoms with E-state index in [9.17, 15) is 4.79 Å². The lowest BCUT2D eigenvalue weighted by molar-refractivity contribution is -0.115. The molecule has 0 saturated heterocycles. The number of rotatable bonds is 9. The summed E-state index contributed by atoms with van der Waals surface area (Å²) in [6, 6.07) is 0. The van der Waals surface area contributed by atoms with Crippen molar-refractivity contribution in [2.24, 2.45) is 0 Å². The number of hydrogen-bond acceptors (Lipinski definition) is 5. The molecule has 0 aromatic rings. The summed E-state index contributed by atoms with van der Waals surface area (Å²) in [5.41, 5.74) is 0. The van der Waals surface area contributed by atoms with E-state index in [4.69, 9.17) is 14.6 Å². The highest BCUT2D eigenvalue weighted by Gasteiger charge is 2.09. The van der Waals surface area contributed by atoms with E-state index >= 15 is 0 Å². The number of methoxy groups -OCH3 is 2. The molecule has 84 valence electrons. The van der Waals surface area contributed by atoms with Gasteiger partial charge in [0.2, 0.25) is 0 Å². The molecule has 5 heteroatoms. The van der Waals surface area contributed by atoms with Crippen molar-refractivity contribution in [3.8, 4) is 0 Å². The smallest absolute Gasteiger partial charge is 0.149 e. The zero-order valence-corrected chi connectivity index (χ0v) is 8.81. The molecule has 0 saturated carbocycles. The fourth-order valence-electron chi connectivity index (χ4n) is 1.04. The summed E-state index contributed by atoms with van der Waals surface area (Å²) in [5, 5.41) is 9.14. The summed E-state index contributed by atoms with van der Waals surface area (Å²) in [4.78, 5) is 12.2. The molecule has 0 heterocycles. The SMILES string of the molecule is COCCN(CCOC)CC(O)C=O. The van der Waals surface area contributed by atoms with E-state index < -0.39 is 6.10 Å². The minimum Gasteiger partial charge on any atom is -0.384 e. The summed E-state index contributed by atoms with van der Waals surface area (Å²) < 4.78 is 9.83. The van der Waals surface area contributed by atoms with Gasteiger partial charge in [0.05, 0.1) is 13.2 Å². The molecule has 0 aliphatic heterocycles. The second-order valence-corrected chi connectivity index (χ2v) is 2.99. The lowest BCUT2D eigenvalue weighted by Crippen LogP contribution is -2.37. The molecule has 0 fully saturated rings. The van der Waals surface area contributed by atoms with Gasteiger partial charge in [-0.3, -0.25) is 4.90 Å². The topological polar surface area (TPSA) is 59.0 Å². The van der Waals surface area contributed by atoms with E-state index in [2.05, 4.69) is 0 Å². The minimum atomic E-state index is -0.927. The molecule has 0 bridgehead atoms. The Hall–Kier alpha value is -0.490. The monoisotopic (exact) mass is 205 g/mol. The molecule has 0 rings (SSSR count). The number of aliphatic hydroxyl groups is 1. The van der Waals surface area contributed by atoms with Crippen molar-refractivity contribution in [3.63, 3.8) is 0 Å². The highest BCUT2D eigenvalue weighted by molar-refractivity contribution is 5.55. The van der Waals surface area contributed by atoms with Crippen molar-refractivity contribution in [3.05, 3.63) is 0 Å². The van der Waals surface area contributed by atoms with Crippen molar-refractivity contribution in [2.45, 2.75) is 6.10 Å². The number of aliphatic hydroxyl groups excluding tert-OH is 1. The van der Waals surface area contributed by atoms with Gasteiger partial charge in [0, 0.05) is 33.9 Å². The fraction of sp³-hybridized carbons (Fsp3) is 0.889. The van der Waals surface area contributed by atoms with E-state index in [0.29, 0.717) is 39.1 Å². The van der Waals surface area contributed by atoms with Gasteiger partial charge in [0.1, 0.15) is 12.4 Å². The van der Waals surface area contributed by atoms with Gasteiger partial charge in [-0.05, 0) is 0 Å². The second kappa shape index (κ2) is 9.08. The predicted molar refractivity (Wildman–Crippen MR) is 52.3 cm³/mol. The van der Waals surface area contributed by atoms with E-state index in [1.807, 2.05) is 4.90 Å². The zero-order chi connectivity index (χ0) is 10.8. The van der Waals surface area contributed by atoms with E-state index in [0.717, 1.165) is 0 Å². The van der Waals surface area contributed by atoms with Gasteiger partial charge in [0.25, 0.3) is 0 Å². The van der Waals surface area contributed by atoms with E-state index in [1.165, 1.54) is 0 Å². The Kier molecular flexibility index (Phi) is 8.76. The average molecular weight is 205 g/mol. The number of aldehydes is 1. The molecular weight excluding hydrogens is 186 g/mol. The molecule has 1 unspecified atom stereocenters. The maximum atomic E-state index is 10.2. The first-order chi connectivity index (χ1) is 6.74. The van der Waals surface area contributed by atoms with Crippen LogP contribution < -0.4 is 0 Å². The standard InChI is InChI=1S/C9H19NO4/c1-13-5-3-10(4-6-14-2)7-9(12)8-11/h8-9,12H,3-7H2,1-2H3. The molecule has 1 N–H and O–H groups in total. The fourth-order valence-corrected chi connectivity index (χ4v) is 1.04. The van der Waals surface area contributed by atoms with Crippen LogP contribution in [0.1, 0.15) is 0 Å². The first-order valence-electron chi connectivity index (χ1n) is 4.58. The maximum Gasteiger partial charge on any atom is 0.149 e. The third kappa shape index (κ3) is 6.97. The van der Waals surface area contributed by atoms with Gasteiger partial charge in [-0.25, -0.2) is 0 Å². The highest BCUT2D eigenvalue weighted by Crippen LogP contribution is 1.91. The molecule has 0 spiro atoms. The number of hydrogen-bond donors (Lipinski definition) is 1. The van der Waals surface area contributed by atoms with E-state index in [1.54, 1.807) is 14.2 Å². The Balaban J connectivity index is 3.76. The van der Waals surface area contributed by atoms with Crippen LogP contribution in [0.15, 0.2) is 0 Å². The van der Waals surface area contributed by atoms with Crippen molar-refractivity contribution in [1.82, 2.24) is 4.90 Å². The van der Waals surface area contributed by atoms with Crippen molar-refractivity contribution in [1.29, 1.82) is 0 Å². The van der Waals surface area contributed by atoms with Crippen LogP contribution in [-0.2, 0) is 14.3 Å². The number of carbonyl (C=O) groups is 1. The van der Waals surface area contributed by atoms with Gasteiger partial charge in [-0.2, -0.15) is 0 Å². The van der Waals surface area contributed by atoms with Gasteiger partial charge < -0.3 is 19.4 Å². The Morgan fingerprint density at radius 1 is 1.29 bits per heavy atom. The van der Waals surface area contributed by atoms with Crippen LogP contribution in [0.2, 0.25) is 0 Å². The third-order valence-corrected chi connectivity index (χ3v) is 1.83. The van der Waals surface area contributed by atoms with Crippen LogP contribution in [0.3, 0.4) is 0 Å². The van der Waals surface area contributed by atoms with Gasteiger partial charge >= 0.3 is 0 Å². The molecule has 1 atom stereocenters. The molecule has 0 aromatic heterocycles. The van der Waals surface area contributed by atoms with Crippen molar-refractivity contribution >= 4 is 6.29 Å². The molecule has 0 aromatic carbocycles. The lowest BCUT2D eigenvalue weighted by atomic mass is 10.3. The lowest BCUT2D eigenvalue weighted by Gasteiger charge is -2.22. The van der Waals surface area contributed by atoms with Crippen LogP contribution >= 0.6 is 0 Å². The Bertz CT molecular complexity index is 135. The summed E-state index contributed by atoms with van der Waals surface area (Å²) in [6.07, 6.45) is -0.393. The average Bonchev–Trinajstić information content (AvgIpc) is 2.21. The van der Waals surface area contributed by atoms with Gasteiger partial charge in [-0.1, -0.05) is 0 Å². The molecule has 0 radical (unpaired) electrons. The number of ether oxygens (including phenoxy) is 2. The number of carbonyl (C=O) groups excluding carboxylic acids is 1. The molecule has 0 aliphatic carbocycles. The summed E-state index contributed by atoms with van der Waals surface area (Å²) in [7, 11) is 3.23. The molecular formula is C9H19NO4. The predicted octanol–water partition coefficient (Wildman–Crippen LogP) is -0.859. The third-order valence-electron chi connectivity index (χ3n) is 1.83. The normalized spacial score (nSPS) is 13.1. The second-order valence-electron chi connectivity index (χ2n) is 2.99. The highest BCUT2D eigenvalue weighted by atomic mass is 16.5. The Labute approximate surface area is 84.6 Å². The van der Waals surface area contributed by atoms with Crippen LogP contribution in [0, 0.1) is 0 Å². The van der Waals surface area contributed by atoms with Crippen LogP contribution in [0.4, 0.5) is 0 Å². The molecule has 14 heavy (non-hydrogen) atoms. The largest absolute Gasteiger partial charge is 0.384 e. The Morgan fingerprint density at radius 3 is 2.14 bits per heavy atom. The quantitative estimate of drug-likeness (QED) is 0.496. The summed E-state index contributed by atoms with van der Waals surface area (Å²) >= 11 is 0. The minimum absolute atomic E-state index is 0.330. The molecule has 5 nitrogen and oxygen atoms in total. The van der Waals surface area contributed by atoms with E-state index in [-0.39, 0.29) is 0 Å². The maximum absolute atomic E-state index is 10.2. The first kappa shape index (κ1) is 13.5. The van der Waals surface area contributed by atoms with Gasteiger partial charge in [-0.15, -0.1) is 0 Å². The van der Waals surface area contributed by atoms with Crippen LogP contribution in [-0.4, -0.2) is 69.5 Å². The summed E-state index contributed by atoms with van der Waals surface area (Å²) in [5.74, 6) is 0. The van der Waals surface area contributed by atoms with Crippen molar-refractivity contribution < 1.29 is 19.4 Å². The summed E-state index contributed by atoms with van der Waals surface area (Å²) in [6.45, 7) is 2.86. The zero-order valence-electron chi connectivity index (χ0n) is 8.81. The van der Waals surface area contributed by atoms with Crippen LogP contribution in [0.25, 0.3) is 0 Å². The van der Waals surface area contributed by atoms with Gasteiger partial charge in [0.15, 0.2) is 0 Å². The molecule has 0 aliphatic rings. The van der Waals surface area contributed by atoms with Crippen LogP contribution in [0.5, 0.6) is 0 Å². The Morgan fingerprint density at radius 2 is 1.79 bits per heavy atom. The molecule has 0 amide bonds. The van der Waals surface area contributed by atoms with Crippen molar-refractivity contribution in [2.75, 3.05) is 47.1 Å². The number of nitrogens with zero attached hydrogens (tertiary/aromatic N) is 1. The first-order valence-corrected chi connectivity index (χ1v) is 4.58.